The Morgan fingerprint density at radius 3 is 1.38 bits per heavy atom. The maximum absolute atomic E-state index is 14.3. The molecule has 0 radical (unpaired) electrons. The van der Waals surface area contributed by atoms with E-state index in [4.69, 9.17) is 9.47 Å². The first kappa shape index (κ1) is 29.6. The van der Waals surface area contributed by atoms with Crippen LogP contribution in [0.25, 0.3) is 0 Å². The SMILES string of the molecule is CC(C)(C)OC(=O)N1CCCC[C@H]1c1ccccc1C(=O)c1ccccc1[C@@H]1CCCCN1C(=O)OC(C)(C)C. The Kier molecular flexibility index (Phi) is 8.91. The highest BCUT2D eigenvalue weighted by Gasteiger charge is 2.36. The number of ether oxygens (including phenoxy) is 2. The number of hydrogen-bond acceptors (Lipinski definition) is 5. The molecule has 2 saturated heterocycles. The van der Waals surface area contributed by atoms with Crippen LogP contribution in [0.15, 0.2) is 48.5 Å². The molecule has 7 nitrogen and oxygen atoms in total. The number of piperidine rings is 2. The molecule has 0 spiro atoms. The zero-order chi connectivity index (χ0) is 29.1. The fourth-order valence-electron chi connectivity index (χ4n) is 5.72. The summed E-state index contributed by atoms with van der Waals surface area (Å²) < 4.78 is 11.5. The summed E-state index contributed by atoms with van der Waals surface area (Å²) in [6.45, 7) is 12.4. The van der Waals surface area contributed by atoms with Crippen LogP contribution in [0.3, 0.4) is 0 Å². The van der Waals surface area contributed by atoms with Crippen molar-refractivity contribution >= 4 is 18.0 Å². The van der Waals surface area contributed by atoms with E-state index in [-0.39, 0.29) is 30.1 Å². The molecule has 216 valence electrons. The number of likely N-dealkylation sites (tertiary alicyclic amines) is 2. The summed E-state index contributed by atoms with van der Waals surface area (Å²) in [7, 11) is 0. The highest BCUT2D eigenvalue weighted by Crippen LogP contribution is 2.38. The van der Waals surface area contributed by atoms with Gasteiger partial charge in [0.25, 0.3) is 0 Å². The Balaban J connectivity index is 1.69. The molecule has 0 saturated carbocycles. The van der Waals surface area contributed by atoms with Crippen LogP contribution in [-0.2, 0) is 9.47 Å². The van der Waals surface area contributed by atoms with Crippen LogP contribution in [0.2, 0.25) is 0 Å². The molecule has 2 aromatic rings. The Hall–Kier alpha value is -3.35. The van der Waals surface area contributed by atoms with Crippen LogP contribution in [0.1, 0.15) is 119 Å². The number of carbonyl (C=O) groups excluding carboxylic acids is 3. The lowest BCUT2D eigenvalue weighted by atomic mass is 9.85. The van der Waals surface area contributed by atoms with Crippen molar-refractivity contribution in [2.24, 2.45) is 0 Å². The fraction of sp³-hybridized carbons (Fsp3) is 0.545. The molecule has 0 aliphatic carbocycles. The molecular weight excluding hydrogens is 504 g/mol. The molecule has 4 rings (SSSR count). The average molecular weight is 549 g/mol. The number of amides is 2. The van der Waals surface area contributed by atoms with E-state index in [2.05, 4.69) is 0 Å². The van der Waals surface area contributed by atoms with E-state index in [0.717, 1.165) is 49.7 Å². The number of rotatable bonds is 4. The normalized spacial score (nSPS) is 20.1. The van der Waals surface area contributed by atoms with Crippen molar-refractivity contribution in [2.75, 3.05) is 13.1 Å². The Labute approximate surface area is 238 Å². The van der Waals surface area contributed by atoms with Gasteiger partial charge in [0.05, 0.1) is 12.1 Å². The minimum absolute atomic E-state index is 0.101. The van der Waals surface area contributed by atoms with Crippen molar-refractivity contribution in [3.63, 3.8) is 0 Å². The van der Waals surface area contributed by atoms with Gasteiger partial charge in [0.1, 0.15) is 11.2 Å². The summed E-state index contributed by atoms with van der Waals surface area (Å²) in [4.78, 5) is 44.2. The second-order valence-corrected chi connectivity index (χ2v) is 12.9. The van der Waals surface area contributed by atoms with Gasteiger partial charge in [-0.3, -0.25) is 4.79 Å². The zero-order valence-electron chi connectivity index (χ0n) is 24.9. The van der Waals surface area contributed by atoms with E-state index >= 15 is 0 Å². The molecule has 40 heavy (non-hydrogen) atoms. The van der Waals surface area contributed by atoms with Crippen molar-refractivity contribution in [1.29, 1.82) is 0 Å². The lowest BCUT2D eigenvalue weighted by Crippen LogP contribution is -2.42. The molecule has 0 bridgehead atoms. The standard InChI is InChI=1S/C33H44N2O5/c1-32(2,3)39-30(37)34-21-13-11-19-27(34)23-15-7-9-17-25(23)29(36)26-18-10-8-16-24(26)28-20-12-14-22-35(28)31(38)40-33(4,5)6/h7-10,15-18,27-28H,11-14,19-22H2,1-6H3/t27-,28-/m0/s1. The minimum Gasteiger partial charge on any atom is -0.444 e. The first-order valence-electron chi connectivity index (χ1n) is 14.6. The molecule has 2 aliphatic rings. The molecule has 7 heteroatoms. The highest BCUT2D eigenvalue weighted by atomic mass is 16.6. The first-order valence-corrected chi connectivity index (χ1v) is 14.6. The van der Waals surface area contributed by atoms with Crippen molar-refractivity contribution < 1.29 is 23.9 Å². The van der Waals surface area contributed by atoms with Crippen LogP contribution in [0, 0.1) is 0 Å². The Morgan fingerprint density at radius 2 is 1.00 bits per heavy atom. The second-order valence-electron chi connectivity index (χ2n) is 12.9. The van der Waals surface area contributed by atoms with E-state index in [0.29, 0.717) is 24.2 Å². The van der Waals surface area contributed by atoms with Crippen LogP contribution in [-0.4, -0.2) is 52.1 Å². The van der Waals surface area contributed by atoms with Crippen molar-refractivity contribution in [2.45, 2.75) is 103 Å². The third-order valence-corrected chi connectivity index (χ3v) is 7.39. The van der Waals surface area contributed by atoms with Gasteiger partial charge < -0.3 is 19.3 Å². The van der Waals surface area contributed by atoms with Crippen LogP contribution in [0.4, 0.5) is 9.59 Å². The zero-order valence-corrected chi connectivity index (χ0v) is 24.9. The number of ketones is 1. The summed E-state index contributed by atoms with van der Waals surface area (Å²) in [6.07, 6.45) is 4.56. The number of hydrogen-bond donors (Lipinski definition) is 0. The molecule has 0 unspecified atom stereocenters. The molecule has 2 heterocycles. The van der Waals surface area contributed by atoms with Gasteiger partial charge in [0.15, 0.2) is 5.78 Å². The van der Waals surface area contributed by atoms with Crippen molar-refractivity contribution in [3.05, 3.63) is 70.8 Å². The van der Waals surface area contributed by atoms with Crippen LogP contribution < -0.4 is 0 Å². The minimum atomic E-state index is -0.604. The molecule has 2 atom stereocenters. The largest absolute Gasteiger partial charge is 0.444 e. The van der Waals surface area contributed by atoms with Gasteiger partial charge >= 0.3 is 12.2 Å². The maximum Gasteiger partial charge on any atom is 0.410 e. The molecule has 2 amide bonds. The van der Waals surface area contributed by atoms with Gasteiger partial charge in [0.2, 0.25) is 0 Å². The monoisotopic (exact) mass is 548 g/mol. The fourth-order valence-corrected chi connectivity index (χ4v) is 5.72. The van der Waals surface area contributed by atoms with E-state index in [1.165, 1.54) is 0 Å². The highest BCUT2D eigenvalue weighted by molar-refractivity contribution is 6.11. The van der Waals surface area contributed by atoms with Crippen LogP contribution >= 0.6 is 0 Å². The smallest absolute Gasteiger partial charge is 0.410 e. The Bertz CT molecular complexity index is 1130. The average Bonchev–Trinajstić information content (AvgIpc) is 2.91. The van der Waals surface area contributed by atoms with Gasteiger partial charge in [-0.2, -0.15) is 0 Å². The molecule has 2 aromatic carbocycles. The predicted octanol–water partition coefficient (Wildman–Crippen LogP) is 7.84. The molecular formula is C33H44N2O5. The van der Waals surface area contributed by atoms with Gasteiger partial charge in [-0.15, -0.1) is 0 Å². The summed E-state index contributed by atoms with van der Waals surface area (Å²) >= 11 is 0. The Morgan fingerprint density at radius 1 is 0.625 bits per heavy atom. The quantitative estimate of drug-likeness (QED) is 0.364. The van der Waals surface area contributed by atoms with Gasteiger partial charge in [-0.05, 0) is 91.2 Å². The summed E-state index contributed by atoms with van der Waals surface area (Å²) in [5, 5.41) is 0. The van der Waals surface area contributed by atoms with E-state index in [1.54, 1.807) is 9.80 Å². The van der Waals surface area contributed by atoms with Crippen LogP contribution in [0.5, 0.6) is 0 Å². The van der Waals surface area contributed by atoms with E-state index in [1.807, 2.05) is 90.1 Å². The lowest BCUT2D eigenvalue weighted by Gasteiger charge is -2.38. The first-order chi connectivity index (χ1) is 18.9. The molecule has 2 aliphatic heterocycles. The van der Waals surface area contributed by atoms with E-state index < -0.39 is 11.2 Å². The van der Waals surface area contributed by atoms with E-state index in [9.17, 15) is 14.4 Å². The third kappa shape index (κ3) is 7.04. The summed E-state index contributed by atoms with van der Waals surface area (Å²) in [5.74, 6) is -0.101. The van der Waals surface area contributed by atoms with Crippen molar-refractivity contribution in [1.82, 2.24) is 9.80 Å². The summed E-state index contributed by atoms with van der Waals surface area (Å²) in [6, 6.07) is 14.7. The predicted molar refractivity (Wildman–Crippen MR) is 155 cm³/mol. The maximum atomic E-state index is 14.3. The lowest BCUT2D eigenvalue weighted by molar-refractivity contribution is 0.00856. The molecule has 0 aromatic heterocycles. The van der Waals surface area contributed by atoms with Gasteiger partial charge in [-0.25, -0.2) is 9.59 Å². The number of carbonyl (C=O) groups is 3. The summed E-state index contributed by atoms with van der Waals surface area (Å²) in [5.41, 5.74) is 1.62. The third-order valence-electron chi connectivity index (χ3n) is 7.39. The van der Waals surface area contributed by atoms with Gasteiger partial charge in [0, 0.05) is 24.2 Å². The second kappa shape index (κ2) is 12.0. The topological polar surface area (TPSA) is 76.2 Å². The molecule has 2 fully saturated rings. The molecule has 0 N–H and O–H groups in total. The van der Waals surface area contributed by atoms with Crippen molar-refractivity contribution in [3.8, 4) is 0 Å². The number of benzene rings is 2. The number of nitrogens with zero attached hydrogens (tertiary/aromatic N) is 2. The van der Waals surface area contributed by atoms with Gasteiger partial charge in [-0.1, -0.05) is 48.5 Å².